The van der Waals surface area contributed by atoms with Crippen LogP contribution in [0.15, 0.2) is 12.1 Å². The Bertz CT molecular complexity index is 312. The lowest BCUT2D eigenvalue weighted by Gasteiger charge is -2.10. The van der Waals surface area contributed by atoms with Crippen LogP contribution in [0.25, 0.3) is 0 Å². The van der Waals surface area contributed by atoms with Crippen molar-refractivity contribution in [1.82, 2.24) is 0 Å². The van der Waals surface area contributed by atoms with Gasteiger partial charge in [-0.1, -0.05) is 27.5 Å². The van der Waals surface area contributed by atoms with Crippen molar-refractivity contribution in [3.05, 3.63) is 28.3 Å². The molecule has 1 nitrogen and oxygen atoms in total. The summed E-state index contributed by atoms with van der Waals surface area (Å²) in [4.78, 5) is 0. The minimum Gasteiger partial charge on any atom is -0.493 e. The van der Waals surface area contributed by atoms with Crippen LogP contribution in [0.2, 0.25) is 5.02 Å². The highest BCUT2D eigenvalue weighted by molar-refractivity contribution is 9.09. The largest absolute Gasteiger partial charge is 0.493 e. The molecular weight excluding hydrogens is 263 g/mol. The summed E-state index contributed by atoms with van der Waals surface area (Å²) in [7, 11) is 0. The summed E-state index contributed by atoms with van der Waals surface area (Å²) in [6, 6.07) is 3.94. The Morgan fingerprint density at radius 3 is 2.64 bits per heavy atom. The molecule has 1 aromatic rings. The summed E-state index contributed by atoms with van der Waals surface area (Å²) in [5.41, 5.74) is 2.15. The van der Waals surface area contributed by atoms with Crippen molar-refractivity contribution in [3.63, 3.8) is 0 Å². The lowest BCUT2D eigenvalue weighted by atomic mass is 10.1. The highest BCUT2D eigenvalue weighted by Gasteiger charge is 2.03. The van der Waals surface area contributed by atoms with E-state index >= 15 is 0 Å². The van der Waals surface area contributed by atoms with Crippen LogP contribution in [0, 0.1) is 13.8 Å². The van der Waals surface area contributed by atoms with Gasteiger partial charge in [0.25, 0.3) is 0 Å². The number of aryl methyl sites for hydroxylation is 2. The van der Waals surface area contributed by atoms with Crippen molar-refractivity contribution >= 4 is 27.5 Å². The SMILES string of the molecule is Cc1cc(OCCCBr)c(C)cc1Cl. The zero-order valence-electron chi connectivity index (χ0n) is 8.44. The first kappa shape index (κ1) is 11.9. The number of halogens is 2. The predicted octanol–water partition coefficient (Wildman–Crippen LogP) is 4.12. The van der Waals surface area contributed by atoms with Gasteiger partial charge in [0, 0.05) is 10.4 Å². The van der Waals surface area contributed by atoms with Gasteiger partial charge in [0.05, 0.1) is 6.61 Å². The second-order valence-electron chi connectivity index (χ2n) is 3.26. The predicted molar refractivity (Wildman–Crippen MR) is 64.8 cm³/mol. The summed E-state index contributed by atoms with van der Waals surface area (Å²) < 4.78 is 5.62. The Morgan fingerprint density at radius 2 is 2.00 bits per heavy atom. The first-order chi connectivity index (χ1) is 6.65. The fourth-order valence-corrected chi connectivity index (χ4v) is 1.59. The van der Waals surface area contributed by atoms with Crippen molar-refractivity contribution in [2.45, 2.75) is 20.3 Å². The van der Waals surface area contributed by atoms with Gasteiger partial charge in [0.2, 0.25) is 0 Å². The van der Waals surface area contributed by atoms with E-state index in [1.807, 2.05) is 26.0 Å². The van der Waals surface area contributed by atoms with E-state index in [-0.39, 0.29) is 0 Å². The Kier molecular flexibility index (Phi) is 4.76. The quantitative estimate of drug-likeness (QED) is 0.594. The van der Waals surface area contributed by atoms with Crippen LogP contribution >= 0.6 is 27.5 Å². The van der Waals surface area contributed by atoms with Crippen molar-refractivity contribution in [1.29, 1.82) is 0 Å². The van der Waals surface area contributed by atoms with E-state index in [4.69, 9.17) is 16.3 Å². The van der Waals surface area contributed by atoms with Crippen molar-refractivity contribution < 1.29 is 4.74 Å². The average molecular weight is 278 g/mol. The lowest BCUT2D eigenvalue weighted by molar-refractivity contribution is 0.317. The highest BCUT2D eigenvalue weighted by Crippen LogP contribution is 2.25. The molecule has 0 fully saturated rings. The van der Waals surface area contributed by atoms with Gasteiger partial charge in [-0.25, -0.2) is 0 Å². The minimum absolute atomic E-state index is 0.743. The third kappa shape index (κ3) is 3.18. The van der Waals surface area contributed by atoms with E-state index < -0.39 is 0 Å². The third-order valence-electron chi connectivity index (χ3n) is 1.99. The lowest BCUT2D eigenvalue weighted by Crippen LogP contribution is -1.99. The molecule has 0 atom stereocenters. The Labute approximate surface area is 98.5 Å². The molecule has 0 N–H and O–H groups in total. The maximum Gasteiger partial charge on any atom is 0.122 e. The molecule has 0 aromatic heterocycles. The van der Waals surface area contributed by atoms with Crippen LogP contribution in [-0.2, 0) is 0 Å². The second-order valence-corrected chi connectivity index (χ2v) is 4.46. The number of ether oxygens (including phenoxy) is 1. The van der Waals surface area contributed by atoms with E-state index in [9.17, 15) is 0 Å². The molecule has 1 aromatic carbocycles. The molecular formula is C11H14BrClO. The number of hydrogen-bond donors (Lipinski definition) is 0. The Hall–Kier alpha value is -0.210. The highest BCUT2D eigenvalue weighted by atomic mass is 79.9. The molecule has 0 saturated carbocycles. The van der Waals surface area contributed by atoms with Crippen LogP contribution in [0.3, 0.4) is 0 Å². The molecule has 0 spiro atoms. The summed E-state index contributed by atoms with van der Waals surface area (Å²) in [5.74, 6) is 0.938. The molecule has 0 amide bonds. The van der Waals surface area contributed by atoms with Crippen molar-refractivity contribution in [2.75, 3.05) is 11.9 Å². The first-order valence-corrected chi connectivity index (χ1v) is 6.10. The van der Waals surface area contributed by atoms with Gasteiger partial charge in [0.1, 0.15) is 5.75 Å². The van der Waals surface area contributed by atoms with E-state index in [1.165, 1.54) is 0 Å². The minimum atomic E-state index is 0.743. The standard InChI is InChI=1S/C11H14BrClO/c1-8-7-11(14-5-3-4-12)9(2)6-10(8)13/h6-7H,3-5H2,1-2H3. The van der Waals surface area contributed by atoms with Gasteiger partial charge in [-0.2, -0.15) is 0 Å². The molecule has 0 aliphatic heterocycles. The Balaban J connectivity index is 2.72. The number of benzene rings is 1. The molecule has 0 heterocycles. The van der Waals surface area contributed by atoms with E-state index in [2.05, 4.69) is 15.9 Å². The first-order valence-electron chi connectivity index (χ1n) is 4.60. The summed E-state index contributed by atoms with van der Waals surface area (Å²) in [5, 5.41) is 1.77. The molecule has 0 aliphatic rings. The maximum absolute atomic E-state index is 5.98. The van der Waals surface area contributed by atoms with Crippen molar-refractivity contribution in [3.8, 4) is 5.75 Å². The molecule has 14 heavy (non-hydrogen) atoms. The fourth-order valence-electron chi connectivity index (χ4n) is 1.15. The molecule has 78 valence electrons. The van der Waals surface area contributed by atoms with Crippen molar-refractivity contribution in [2.24, 2.45) is 0 Å². The number of alkyl halides is 1. The van der Waals surface area contributed by atoms with Crippen LogP contribution in [0.1, 0.15) is 17.5 Å². The topological polar surface area (TPSA) is 9.23 Å². The number of rotatable bonds is 4. The molecule has 0 unspecified atom stereocenters. The van der Waals surface area contributed by atoms with Gasteiger partial charge >= 0.3 is 0 Å². The average Bonchev–Trinajstić information content (AvgIpc) is 2.14. The van der Waals surface area contributed by atoms with Gasteiger partial charge in [-0.05, 0) is 43.5 Å². The summed E-state index contributed by atoms with van der Waals surface area (Å²) >= 11 is 9.35. The maximum atomic E-state index is 5.98. The molecule has 3 heteroatoms. The van der Waals surface area contributed by atoms with Crippen LogP contribution in [-0.4, -0.2) is 11.9 Å². The van der Waals surface area contributed by atoms with Crippen LogP contribution < -0.4 is 4.74 Å². The number of hydrogen-bond acceptors (Lipinski definition) is 1. The van der Waals surface area contributed by atoms with Gasteiger partial charge in [-0.3, -0.25) is 0 Å². The van der Waals surface area contributed by atoms with Gasteiger partial charge in [0.15, 0.2) is 0 Å². The van der Waals surface area contributed by atoms with Gasteiger partial charge < -0.3 is 4.74 Å². The van der Waals surface area contributed by atoms with E-state index in [0.29, 0.717) is 0 Å². The smallest absolute Gasteiger partial charge is 0.122 e. The molecule has 0 bridgehead atoms. The second kappa shape index (κ2) is 5.62. The molecule has 1 rings (SSSR count). The summed E-state index contributed by atoms with van der Waals surface area (Å²) in [6.07, 6.45) is 1.01. The molecule has 0 aliphatic carbocycles. The van der Waals surface area contributed by atoms with E-state index in [1.54, 1.807) is 0 Å². The molecule has 0 radical (unpaired) electrons. The Morgan fingerprint density at radius 1 is 1.29 bits per heavy atom. The fraction of sp³-hybridized carbons (Fsp3) is 0.455. The normalized spacial score (nSPS) is 10.3. The summed E-state index contributed by atoms with van der Waals surface area (Å²) in [6.45, 7) is 4.74. The van der Waals surface area contributed by atoms with Crippen LogP contribution in [0.4, 0.5) is 0 Å². The zero-order chi connectivity index (χ0) is 10.6. The van der Waals surface area contributed by atoms with Gasteiger partial charge in [-0.15, -0.1) is 0 Å². The third-order valence-corrected chi connectivity index (χ3v) is 2.96. The van der Waals surface area contributed by atoms with Crippen LogP contribution in [0.5, 0.6) is 5.75 Å². The van der Waals surface area contributed by atoms with E-state index in [0.717, 1.165) is 40.3 Å². The monoisotopic (exact) mass is 276 g/mol. The zero-order valence-corrected chi connectivity index (χ0v) is 10.8. The molecule has 0 saturated heterocycles.